The van der Waals surface area contributed by atoms with Crippen LogP contribution in [0.4, 0.5) is 5.13 Å². The molecule has 3 rings (SSSR count). The first kappa shape index (κ1) is 20.5. The molecular formula is C22H29N3O2S. The minimum atomic E-state index is -0.164. The van der Waals surface area contributed by atoms with Crippen molar-refractivity contribution in [2.45, 2.75) is 52.4 Å². The van der Waals surface area contributed by atoms with Crippen molar-refractivity contribution in [3.8, 4) is 11.3 Å². The molecule has 1 atom stereocenters. The highest BCUT2D eigenvalue weighted by Gasteiger charge is 2.28. The Morgan fingerprint density at radius 3 is 2.61 bits per heavy atom. The molecule has 1 aromatic carbocycles. The van der Waals surface area contributed by atoms with E-state index in [1.165, 1.54) is 16.9 Å². The highest BCUT2D eigenvalue weighted by molar-refractivity contribution is 7.14. The van der Waals surface area contributed by atoms with E-state index in [1.807, 2.05) is 12.3 Å². The van der Waals surface area contributed by atoms with E-state index >= 15 is 0 Å². The SMILES string of the molecule is CCC(=O)N1CCCC(C(=O)Nc2nc(-c3ccc(C(C)(C)C)cc3)cs2)C1. The van der Waals surface area contributed by atoms with Gasteiger partial charge in [-0.05, 0) is 23.8 Å². The maximum atomic E-state index is 12.6. The summed E-state index contributed by atoms with van der Waals surface area (Å²) in [6.07, 6.45) is 2.16. The van der Waals surface area contributed by atoms with Gasteiger partial charge in [-0.15, -0.1) is 11.3 Å². The third-order valence-electron chi connectivity index (χ3n) is 5.23. The number of thiazole rings is 1. The summed E-state index contributed by atoms with van der Waals surface area (Å²) in [4.78, 5) is 31.0. The predicted molar refractivity (Wildman–Crippen MR) is 114 cm³/mol. The van der Waals surface area contributed by atoms with Gasteiger partial charge >= 0.3 is 0 Å². The number of hydrogen-bond donors (Lipinski definition) is 1. The lowest BCUT2D eigenvalue weighted by Gasteiger charge is -2.31. The lowest BCUT2D eigenvalue weighted by atomic mass is 9.86. The zero-order valence-corrected chi connectivity index (χ0v) is 17.9. The number of nitrogens with one attached hydrogen (secondary N) is 1. The van der Waals surface area contributed by atoms with Gasteiger partial charge in [-0.3, -0.25) is 9.59 Å². The fourth-order valence-corrected chi connectivity index (χ4v) is 4.18. The van der Waals surface area contributed by atoms with Gasteiger partial charge in [-0.1, -0.05) is 52.0 Å². The average Bonchev–Trinajstić information content (AvgIpc) is 3.15. The van der Waals surface area contributed by atoms with Crippen LogP contribution in [0.2, 0.25) is 0 Å². The van der Waals surface area contributed by atoms with Crippen molar-refractivity contribution < 1.29 is 9.59 Å². The minimum Gasteiger partial charge on any atom is -0.342 e. The van der Waals surface area contributed by atoms with Crippen LogP contribution >= 0.6 is 11.3 Å². The number of carbonyl (C=O) groups excluding carboxylic acids is 2. The molecule has 2 aromatic rings. The Balaban J connectivity index is 1.64. The Morgan fingerprint density at radius 2 is 1.96 bits per heavy atom. The van der Waals surface area contributed by atoms with Gasteiger partial charge in [0.2, 0.25) is 11.8 Å². The second kappa shape index (κ2) is 8.43. The second-order valence-corrected chi connectivity index (χ2v) is 9.25. The van der Waals surface area contributed by atoms with E-state index in [2.05, 4.69) is 55.3 Å². The van der Waals surface area contributed by atoms with Crippen LogP contribution in [0.3, 0.4) is 0 Å². The third-order valence-corrected chi connectivity index (χ3v) is 5.99. The summed E-state index contributed by atoms with van der Waals surface area (Å²) in [5.74, 6) is -0.0898. The number of carbonyl (C=O) groups is 2. The molecule has 5 nitrogen and oxygen atoms in total. The van der Waals surface area contributed by atoms with Crippen LogP contribution in [-0.2, 0) is 15.0 Å². The lowest BCUT2D eigenvalue weighted by Crippen LogP contribution is -2.43. The Bertz CT molecular complexity index is 836. The monoisotopic (exact) mass is 399 g/mol. The smallest absolute Gasteiger partial charge is 0.231 e. The standard InChI is InChI=1S/C22H29N3O2S/c1-5-19(26)25-12-6-7-16(13-25)20(27)24-21-23-18(14-28-21)15-8-10-17(11-9-15)22(2,3)4/h8-11,14,16H,5-7,12-13H2,1-4H3,(H,23,24,27). The first-order valence-electron chi connectivity index (χ1n) is 9.93. The van der Waals surface area contributed by atoms with Gasteiger partial charge < -0.3 is 10.2 Å². The number of piperidine rings is 1. The Kier molecular flexibility index (Phi) is 6.18. The summed E-state index contributed by atoms with van der Waals surface area (Å²) in [6.45, 7) is 9.70. The van der Waals surface area contributed by atoms with Crippen molar-refractivity contribution in [2.24, 2.45) is 5.92 Å². The molecule has 1 saturated heterocycles. The van der Waals surface area contributed by atoms with Crippen LogP contribution in [0.5, 0.6) is 0 Å². The van der Waals surface area contributed by atoms with E-state index in [-0.39, 0.29) is 23.1 Å². The molecule has 150 valence electrons. The van der Waals surface area contributed by atoms with Gasteiger partial charge in [0.25, 0.3) is 0 Å². The molecule has 0 radical (unpaired) electrons. The highest BCUT2D eigenvalue weighted by atomic mass is 32.1. The van der Waals surface area contributed by atoms with Crippen molar-refractivity contribution in [2.75, 3.05) is 18.4 Å². The van der Waals surface area contributed by atoms with Crippen LogP contribution in [-0.4, -0.2) is 34.8 Å². The molecule has 0 spiro atoms. The molecule has 0 saturated carbocycles. The summed E-state index contributed by atoms with van der Waals surface area (Å²) in [7, 11) is 0. The number of rotatable bonds is 4. The van der Waals surface area contributed by atoms with Crippen molar-refractivity contribution >= 4 is 28.3 Å². The predicted octanol–water partition coefficient (Wildman–Crippen LogP) is 4.69. The summed E-state index contributed by atoms with van der Waals surface area (Å²) in [5, 5.41) is 5.52. The van der Waals surface area contributed by atoms with Crippen LogP contribution in [0, 0.1) is 5.92 Å². The van der Waals surface area contributed by atoms with E-state index < -0.39 is 0 Å². The van der Waals surface area contributed by atoms with E-state index in [1.54, 1.807) is 4.90 Å². The fourth-order valence-electron chi connectivity index (χ4n) is 3.45. The first-order valence-corrected chi connectivity index (χ1v) is 10.8. The zero-order valence-electron chi connectivity index (χ0n) is 17.1. The molecular weight excluding hydrogens is 370 g/mol. The number of amides is 2. The summed E-state index contributed by atoms with van der Waals surface area (Å²) in [5.41, 5.74) is 3.31. The largest absolute Gasteiger partial charge is 0.342 e. The summed E-state index contributed by atoms with van der Waals surface area (Å²) >= 11 is 1.43. The van der Waals surface area contributed by atoms with Crippen LogP contribution in [0.25, 0.3) is 11.3 Å². The van der Waals surface area contributed by atoms with E-state index in [4.69, 9.17) is 0 Å². The molecule has 2 amide bonds. The molecule has 2 heterocycles. The van der Waals surface area contributed by atoms with Gasteiger partial charge in [-0.25, -0.2) is 4.98 Å². The van der Waals surface area contributed by atoms with Crippen LogP contribution in [0.1, 0.15) is 52.5 Å². The van der Waals surface area contributed by atoms with E-state index in [0.717, 1.165) is 30.6 Å². The lowest BCUT2D eigenvalue weighted by molar-refractivity contribution is -0.134. The Hall–Kier alpha value is -2.21. The summed E-state index contributed by atoms with van der Waals surface area (Å²) in [6, 6.07) is 8.43. The van der Waals surface area contributed by atoms with Gasteiger partial charge in [-0.2, -0.15) is 0 Å². The normalized spacial score (nSPS) is 17.4. The number of aromatic nitrogens is 1. The van der Waals surface area contributed by atoms with Crippen LogP contribution < -0.4 is 5.32 Å². The number of nitrogens with zero attached hydrogens (tertiary/aromatic N) is 2. The molecule has 1 fully saturated rings. The fraction of sp³-hybridized carbons (Fsp3) is 0.500. The topological polar surface area (TPSA) is 62.3 Å². The molecule has 1 unspecified atom stereocenters. The van der Waals surface area contributed by atoms with Crippen molar-refractivity contribution in [1.82, 2.24) is 9.88 Å². The van der Waals surface area contributed by atoms with Crippen molar-refractivity contribution in [1.29, 1.82) is 0 Å². The second-order valence-electron chi connectivity index (χ2n) is 8.39. The summed E-state index contributed by atoms with van der Waals surface area (Å²) < 4.78 is 0. The number of hydrogen-bond acceptors (Lipinski definition) is 4. The molecule has 1 N–H and O–H groups in total. The molecule has 1 aliphatic rings. The van der Waals surface area contributed by atoms with Crippen molar-refractivity contribution in [3.63, 3.8) is 0 Å². The zero-order chi connectivity index (χ0) is 20.3. The number of likely N-dealkylation sites (tertiary alicyclic amines) is 1. The van der Waals surface area contributed by atoms with E-state index in [9.17, 15) is 9.59 Å². The molecule has 28 heavy (non-hydrogen) atoms. The van der Waals surface area contributed by atoms with E-state index in [0.29, 0.717) is 18.1 Å². The number of anilines is 1. The Labute approximate surface area is 171 Å². The maximum absolute atomic E-state index is 12.6. The molecule has 6 heteroatoms. The van der Waals surface area contributed by atoms with Crippen LogP contribution in [0.15, 0.2) is 29.6 Å². The van der Waals surface area contributed by atoms with Gasteiger partial charge in [0.1, 0.15) is 0 Å². The van der Waals surface area contributed by atoms with Crippen molar-refractivity contribution in [3.05, 3.63) is 35.2 Å². The van der Waals surface area contributed by atoms with Gasteiger partial charge in [0.05, 0.1) is 11.6 Å². The maximum Gasteiger partial charge on any atom is 0.231 e. The molecule has 0 bridgehead atoms. The highest BCUT2D eigenvalue weighted by Crippen LogP contribution is 2.29. The minimum absolute atomic E-state index is 0.0439. The molecule has 0 aliphatic carbocycles. The quantitative estimate of drug-likeness (QED) is 0.811. The third kappa shape index (κ3) is 4.79. The average molecular weight is 400 g/mol. The molecule has 1 aliphatic heterocycles. The van der Waals surface area contributed by atoms with Gasteiger partial charge in [0.15, 0.2) is 5.13 Å². The van der Waals surface area contributed by atoms with Gasteiger partial charge in [0, 0.05) is 30.5 Å². The molecule has 1 aromatic heterocycles. The first-order chi connectivity index (χ1) is 13.3. The Morgan fingerprint density at radius 1 is 1.25 bits per heavy atom. The number of benzene rings is 1.